The van der Waals surface area contributed by atoms with Crippen molar-refractivity contribution in [2.75, 3.05) is 6.54 Å². The summed E-state index contributed by atoms with van der Waals surface area (Å²) >= 11 is 0. The molecule has 5 unspecified atom stereocenters. The van der Waals surface area contributed by atoms with Crippen LogP contribution in [0, 0.1) is 23.7 Å². The molecule has 1 saturated carbocycles. The zero-order valence-corrected chi connectivity index (χ0v) is 12.8. The number of carbonyl (C=O) groups is 2. The molecular weight excluding hydrogens is 254 g/mol. The Labute approximate surface area is 121 Å². The number of carbonyl (C=O) groups excluding carboxylic acids is 1. The number of aliphatic carboxylic acids is 1. The summed E-state index contributed by atoms with van der Waals surface area (Å²) in [6.07, 6.45) is 5.84. The number of hydrogen-bond acceptors (Lipinski definition) is 2. The summed E-state index contributed by atoms with van der Waals surface area (Å²) in [6.45, 7) is 6.50. The van der Waals surface area contributed by atoms with Crippen molar-refractivity contribution in [2.45, 2.75) is 58.9 Å². The van der Waals surface area contributed by atoms with E-state index in [1.165, 1.54) is 19.3 Å². The molecule has 5 atom stereocenters. The van der Waals surface area contributed by atoms with Crippen LogP contribution in [-0.4, -0.2) is 34.5 Å². The lowest BCUT2D eigenvalue weighted by molar-refractivity contribution is -0.152. The molecule has 1 amide bonds. The van der Waals surface area contributed by atoms with Crippen LogP contribution in [0.2, 0.25) is 0 Å². The highest BCUT2D eigenvalue weighted by atomic mass is 16.4. The van der Waals surface area contributed by atoms with Gasteiger partial charge in [0.1, 0.15) is 0 Å². The van der Waals surface area contributed by atoms with E-state index in [-0.39, 0.29) is 5.91 Å². The summed E-state index contributed by atoms with van der Waals surface area (Å²) in [4.78, 5) is 25.8. The third-order valence-electron chi connectivity index (χ3n) is 5.55. The Balaban J connectivity index is 2.10. The summed E-state index contributed by atoms with van der Waals surface area (Å²) in [5, 5.41) is 9.10. The second-order valence-electron chi connectivity index (χ2n) is 6.73. The lowest BCUT2D eigenvalue weighted by Gasteiger charge is -2.48. The smallest absolute Gasteiger partial charge is 0.307 e. The fourth-order valence-corrected chi connectivity index (χ4v) is 3.88. The molecular formula is C16H27NO3. The molecule has 2 aliphatic rings. The Hall–Kier alpha value is -1.06. The van der Waals surface area contributed by atoms with Gasteiger partial charge in [-0.05, 0) is 31.1 Å². The first-order valence-electron chi connectivity index (χ1n) is 7.96. The van der Waals surface area contributed by atoms with Gasteiger partial charge >= 0.3 is 5.97 Å². The fourth-order valence-electron chi connectivity index (χ4n) is 3.88. The minimum atomic E-state index is -0.878. The molecule has 0 bridgehead atoms. The van der Waals surface area contributed by atoms with Gasteiger partial charge in [-0.25, -0.2) is 0 Å². The van der Waals surface area contributed by atoms with Gasteiger partial charge in [0.25, 0.3) is 0 Å². The van der Waals surface area contributed by atoms with E-state index in [9.17, 15) is 9.59 Å². The lowest BCUT2D eigenvalue weighted by atomic mass is 9.72. The third-order valence-corrected chi connectivity index (χ3v) is 5.55. The Morgan fingerprint density at radius 2 is 1.75 bits per heavy atom. The highest BCUT2D eigenvalue weighted by Crippen LogP contribution is 2.39. The van der Waals surface area contributed by atoms with Gasteiger partial charge in [-0.2, -0.15) is 0 Å². The van der Waals surface area contributed by atoms with Gasteiger partial charge in [-0.3, -0.25) is 9.59 Å². The largest absolute Gasteiger partial charge is 0.481 e. The molecule has 0 aromatic rings. The third kappa shape index (κ3) is 2.84. The van der Waals surface area contributed by atoms with E-state index in [1.54, 1.807) is 13.8 Å². The number of carboxylic acids is 1. The van der Waals surface area contributed by atoms with Gasteiger partial charge in [0.2, 0.25) is 5.91 Å². The lowest BCUT2D eigenvalue weighted by Crippen LogP contribution is -2.54. The van der Waals surface area contributed by atoms with Crippen LogP contribution in [0.3, 0.4) is 0 Å². The number of carboxylic acid groups (broad SMARTS) is 1. The van der Waals surface area contributed by atoms with Crippen LogP contribution >= 0.6 is 0 Å². The highest BCUT2D eigenvalue weighted by Gasteiger charge is 2.41. The predicted molar refractivity (Wildman–Crippen MR) is 77.2 cm³/mol. The minimum Gasteiger partial charge on any atom is -0.481 e. The minimum absolute atomic E-state index is 0.0451. The zero-order chi connectivity index (χ0) is 14.9. The monoisotopic (exact) mass is 281 g/mol. The van der Waals surface area contributed by atoms with Gasteiger partial charge in [0, 0.05) is 18.5 Å². The second-order valence-corrected chi connectivity index (χ2v) is 6.73. The number of likely N-dealkylation sites (tertiary alicyclic amines) is 1. The number of rotatable bonds is 3. The molecule has 2 fully saturated rings. The summed E-state index contributed by atoms with van der Waals surface area (Å²) in [5.74, 6) is -0.558. The van der Waals surface area contributed by atoms with Crippen LogP contribution in [0.15, 0.2) is 0 Å². The molecule has 0 aromatic carbocycles. The van der Waals surface area contributed by atoms with Crippen LogP contribution in [0.25, 0.3) is 0 Å². The standard InChI is InChI=1S/C16H27NO3/c1-10-8-9-17(14-7-5-4-6-13(10)14)15(18)11(2)12(3)16(19)20/h10-14H,4-9H2,1-3H3,(H,19,20). The van der Waals surface area contributed by atoms with Gasteiger partial charge in [-0.1, -0.05) is 33.6 Å². The molecule has 4 heteroatoms. The molecule has 114 valence electrons. The Morgan fingerprint density at radius 1 is 1.10 bits per heavy atom. The normalized spacial score (nSPS) is 33.1. The first-order chi connectivity index (χ1) is 9.43. The fraction of sp³-hybridized carbons (Fsp3) is 0.875. The quantitative estimate of drug-likeness (QED) is 0.865. The van der Waals surface area contributed by atoms with Crippen molar-refractivity contribution in [2.24, 2.45) is 23.7 Å². The molecule has 20 heavy (non-hydrogen) atoms. The zero-order valence-electron chi connectivity index (χ0n) is 12.8. The van der Waals surface area contributed by atoms with Crippen molar-refractivity contribution in [1.29, 1.82) is 0 Å². The number of nitrogens with zero attached hydrogens (tertiary/aromatic N) is 1. The van der Waals surface area contributed by atoms with Gasteiger partial charge < -0.3 is 10.0 Å². The summed E-state index contributed by atoms with van der Waals surface area (Å²) in [7, 11) is 0. The van der Waals surface area contributed by atoms with E-state index in [1.807, 2.05) is 4.90 Å². The maximum atomic E-state index is 12.7. The van der Waals surface area contributed by atoms with Crippen molar-refractivity contribution in [3.8, 4) is 0 Å². The van der Waals surface area contributed by atoms with Crippen LogP contribution in [-0.2, 0) is 9.59 Å². The maximum absolute atomic E-state index is 12.7. The van der Waals surface area contributed by atoms with Gasteiger partial charge in [0.15, 0.2) is 0 Å². The van der Waals surface area contributed by atoms with Crippen LogP contribution in [0.5, 0.6) is 0 Å². The van der Waals surface area contributed by atoms with E-state index in [2.05, 4.69) is 6.92 Å². The van der Waals surface area contributed by atoms with Crippen molar-refractivity contribution in [1.82, 2.24) is 4.90 Å². The Bertz CT molecular complexity index is 382. The number of amides is 1. The summed E-state index contributed by atoms with van der Waals surface area (Å²) in [6, 6.07) is 0.350. The van der Waals surface area contributed by atoms with E-state index in [0.717, 1.165) is 19.4 Å². The van der Waals surface area contributed by atoms with E-state index >= 15 is 0 Å². The molecule has 0 radical (unpaired) electrons. The molecule has 0 spiro atoms. The average molecular weight is 281 g/mol. The molecule has 1 aliphatic heterocycles. The average Bonchev–Trinajstić information content (AvgIpc) is 2.45. The highest BCUT2D eigenvalue weighted by molar-refractivity contribution is 5.84. The van der Waals surface area contributed by atoms with Crippen LogP contribution < -0.4 is 0 Å². The van der Waals surface area contributed by atoms with Crippen LogP contribution in [0.4, 0.5) is 0 Å². The predicted octanol–water partition coefficient (Wildman–Crippen LogP) is 2.77. The summed E-state index contributed by atoms with van der Waals surface area (Å²) in [5.41, 5.74) is 0. The van der Waals surface area contributed by atoms with Gasteiger partial charge in [-0.15, -0.1) is 0 Å². The van der Waals surface area contributed by atoms with Crippen molar-refractivity contribution in [3.63, 3.8) is 0 Å². The van der Waals surface area contributed by atoms with Crippen molar-refractivity contribution >= 4 is 11.9 Å². The van der Waals surface area contributed by atoms with E-state index in [4.69, 9.17) is 5.11 Å². The Morgan fingerprint density at radius 3 is 2.40 bits per heavy atom. The molecule has 1 heterocycles. The van der Waals surface area contributed by atoms with Crippen molar-refractivity contribution < 1.29 is 14.7 Å². The molecule has 2 rings (SSSR count). The number of fused-ring (bicyclic) bond motifs is 1. The first-order valence-corrected chi connectivity index (χ1v) is 7.96. The second kappa shape index (κ2) is 6.15. The van der Waals surface area contributed by atoms with E-state index < -0.39 is 17.8 Å². The van der Waals surface area contributed by atoms with Gasteiger partial charge in [0.05, 0.1) is 5.92 Å². The Kier molecular flexibility index (Phi) is 4.71. The molecule has 1 N–H and O–H groups in total. The SMILES string of the molecule is CC1CCN(C(=O)C(C)C(C)C(=O)O)C2CCCCC12. The topological polar surface area (TPSA) is 57.6 Å². The van der Waals surface area contributed by atoms with Crippen LogP contribution in [0.1, 0.15) is 52.9 Å². The molecule has 4 nitrogen and oxygen atoms in total. The number of piperidine rings is 1. The molecule has 0 aromatic heterocycles. The number of hydrogen-bond donors (Lipinski definition) is 1. The van der Waals surface area contributed by atoms with Crippen molar-refractivity contribution in [3.05, 3.63) is 0 Å². The maximum Gasteiger partial charge on any atom is 0.307 e. The first kappa shape index (κ1) is 15.3. The molecule has 1 aliphatic carbocycles. The molecule has 1 saturated heterocycles. The van der Waals surface area contributed by atoms with E-state index in [0.29, 0.717) is 17.9 Å². The summed E-state index contributed by atoms with van der Waals surface area (Å²) < 4.78 is 0.